The molecule has 21 heavy (non-hydrogen) atoms. The van der Waals surface area contributed by atoms with Gasteiger partial charge in [-0.3, -0.25) is 4.79 Å². The molecule has 1 amide bonds. The third kappa shape index (κ3) is 3.08. The number of nitrogens with zero attached hydrogens (tertiary/aromatic N) is 1. The lowest BCUT2D eigenvalue weighted by Crippen LogP contribution is -2.29. The van der Waals surface area contributed by atoms with E-state index in [0.717, 1.165) is 11.6 Å². The van der Waals surface area contributed by atoms with Crippen molar-refractivity contribution in [2.24, 2.45) is 0 Å². The van der Waals surface area contributed by atoms with Crippen LogP contribution in [0, 0.1) is 0 Å². The molecule has 0 saturated heterocycles. The van der Waals surface area contributed by atoms with Crippen LogP contribution in [0.25, 0.3) is 0 Å². The minimum atomic E-state index is -0.331. The van der Waals surface area contributed by atoms with Gasteiger partial charge in [-0.15, -0.1) is 0 Å². The molecular formula is C16H18N2O3. The van der Waals surface area contributed by atoms with Crippen LogP contribution in [0.1, 0.15) is 28.9 Å². The molecule has 0 aromatic heterocycles. The highest BCUT2D eigenvalue weighted by Gasteiger charge is 2.21. The van der Waals surface area contributed by atoms with Crippen molar-refractivity contribution in [1.82, 2.24) is 4.90 Å². The van der Waals surface area contributed by atoms with Gasteiger partial charge in [0.25, 0.3) is 5.91 Å². The number of amides is 1. The van der Waals surface area contributed by atoms with Gasteiger partial charge >= 0.3 is 0 Å². The van der Waals surface area contributed by atoms with Crippen molar-refractivity contribution in [1.29, 1.82) is 0 Å². The van der Waals surface area contributed by atoms with Gasteiger partial charge in [0.2, 0.25) is 0 Å². The van der Waals surface area contributed by atoms with Crippen LogP contribution in [0.2, 0.25) is 0 Å². The lowest BCUT2D eigenvalue weighted by molar-refractivity contribution is 0.0739. The molecule has 0 radical (unpaired) electrons. The summed E-state index contributed by atoms with van der Waals surface area (Å²) >= 11 is 0. The minimum absolute atomic E-state index is 0.0874. The quantitative estimate of drug-likeness (QED) is 0.757. The molecule has 2 aromatic carbocycles. The fourth-order valence-corrected chi connectivity index (χ4v) is 2.11. The molecule has 0 aliphatic rings. The maximum absolute atomic E-state index is 12.4. The monoisotopic (exact) mass is 286 g/mol. The van der Waals surface area contributed by atoms with Crippen LogP contribution in [-0.2, 0) is 0 Å². The smallest absolute Gasteiger partial charge is 0.257 e. The Balaban J connectivity index is 2.26. The Labute approximate surface area is 123 Å². The summed E-state index contributed by atoms with van der Waals surface area (Å²) in [7, 11) is 1.66. The molecule has 1 atom stereocenters. The van der Waals surface area contributed by atoms with Crippen LogP contribution in [0.5, 0.6) is 11.5 Å². The first-order valence-electron chi connectivity index (χ1n) is 6.54. The number of hydrogen-bond acceptors (Lipinski definition) is 4. The van der Waals surface area contributed by atoms with Crippen molar-refractivity contribution in [2.45, 2.75) is 13.0 Å². The molecule has 5 heteroatoms. The number of phenols is 2. The standard InChI is InChI=1S/C16H18N2O3/c1-10(11-4-3-5-12(17)8-11)18(2)16(21)14-7-6-13(19)9-15(14)20/h3-10,19-20H,17H2,1-2H3. The van der Waals surface area contributed by atoms with Gasteiger partial charge < -0.3 is 20.8 Å². The van der Waals surface area contributed by atoms with Crippen LogP contribution < -0.4 is 5.73 Å². The molecule has 0 spiro atoms. The number of benzene rings is 2. The van der Waals surface area contributed by atoms with E-state index in [-0.39, 0.29) is 29.0 Å². The summed E-state index contributed by atoms with van der Waals surface area (Å²) in [5.41, 5.74) is 7.44. The Kier molecular flexibility index (Phi) is 4.03. The summed E-state index contributed by atoms with van der Waals surface area (Å²) in [5, 5.41) is 19.1. The molecule has 2 aromatic rings. The van der Waals surface area contributed by atoms with Crippen LogP contribution in [-0.4, -0.2) is 28.1 Å². The maximum atomic E-state index is 12.4. The predicted molar refractivity (Wildman–Crippen MR) is 81.1 cm³/mol. The first kappa shape index (κ1) is 14.7. The van der Waals surface area contributed by atoms with E-state index in [9.17, 15) is 15.0 Å². The Hall–Kier alpha value is -2.69. The highest BCUT2D eigenvalue weighted by Crippen LogP contribution is 2.27. The van der Waals surface area contributed by atoms with Crippen molar-refractivity contribution in [3.05, 3.63) is 53.6 Å². The second kappa shape index (κ2) is 5.75. The highest BCUT2D eigenvalue weighted by atomic mass is 16.3. The van der Waals surface area contributed by atoms with Crippen LogP contribution in [0.3, 0.4) is 0 Å². The topological polar surface area (TPSA) is 86.8 Å². The second-order valence-corrected chi connectivity index (χ2v) is 4.96. The largest absolute Gasteiger partial charge is 0.508 e. The number of nitrogens with two attached hydrogens (primary N) is 1. The summed E-state index contributed by atoms with van der Waals surface area (Å²) in [6, 6.07) is 11.0. The molecule has 0 saturated carbocycles. The zero-order valence-corrected chi connectivity index (χ0v) is 11.9. The van der Waals surface area contributed by atoms with E-state index >= 15 is 0 Å². The Bertz CT molecular complexity index is 670. The lowest BCUT2D eigenvalue weighted by atomic mass is 10.1. The molecule has 4 N–H and O–H groups in total. The zero-order valence-electron chi connectivity index (χ0n) is 11.9. The molecule has 0 aliphatic heterocycles. The normalized spacial score (nSPS) is 11.9. The van der Waals surface area contributed by atoms with Crippen molar-refractivity contribution < 1.29 is 15.0 Å². The molecule has 0 bridgehead atoms. The fourth-order valence-electron chi connectivity index (χ4n) is 2.11. The van der Waals surface area contributed by atoms with Crippen LogP contribution in [0.15, 0.2) is 42.5 Å². The van der Waals surface area contributed by atoms with Gasteiger partial charge in [-0.05, 0) is 36.8 Å². The summed E-state index contributed by atoms with van der Waals surface area (Å²) in [6.45, 7) is 1.88. The summed E-state index contributed by atoms with van der Waals surface area (Å²) in [4.78, 5) is 13.9. The average Bonchev–Trinajstić information content (AvgIpc) is 2.45. The fraction of sp³-hybridized carbons (Fsp3) is 0.188. The van der Waals surface area contributed by atoms with Gasteiger partial charge in [0.1, 0.15) is 11.5 Å². The van der Waals surface area contributed by atoms with Crippen molar-refractivity contribution in [3.8, 4) is 11.5 Å². The second-order valence-electron chi connectivity index (χ2n) is 4.96. The number of hydrogen-bond donors (Lipinski definition) is 3. The molecule has 0 aliphatic carbocycles. The number of rotatable bonds is 3. The van der Waals surface area contributed by atoms with E-state index in [1.807, 2.05) is 25.1 Å². The molecule has 1 unspecified atom stereocenters. The molecule has 2 rings (SSSR count). The van der Waals surface area contributed by atoms with Gasteiger partial charge in [-0.2, -0.15) is 0 Å². The number of carbonyl (C=O) groups excluding carboxylic acids is 1. The average molecular weight is 286 g/mol. The van der Waals surface area contributed by atoms with E-state index in [1.54, 1.807) is 13.1 Å². The highest BCUT2D eigenvalue weighted by molar-refractivity contribution is 5.97. The number of phenolic OH excluding ortho intramolecular Hbond substituents is 2. The van der Waals surface area contributed by atoms with Gasteiger partial charge in [-0.1, -0.05) is 12.1 Å². The Morgan fingerprint density at radius 2 is 1.90 bits per heavy atom. The van der Waals surface area contributed by atoms with Crippen molar-refractivity contribution in [2.75, 3.05) is 12.8 Å². The Morgan fingerprint density at radius 3 is 2.52 bits per heavy atom. The third-order valence-electron chi connectivity index (χ3n) is 3.51. The molecule has 110 valence electrons. The summed E-state index contributed by atoms with van der Waals surface area (Å²) in [6.07, 6.45) is 0. The van der Waals surface area contributed by atoms with Crippen molar-refractivity contribution in [3.63, 3.8) is 0 Å². The minimum Gasteiger partial charge on any atom is -0.508 e. The van der Waals surface area contributed by atoms with Gasteiger partial charge in [0.05, 0.1) is 11.6 Å². The number of anilines is 1. The van der Waals surface area contributed by atoms with E-state index in [2.05, 4.69) is 0 Å². The van der Waals surface area contributed by atoms with E-state index < -0.39 is 0 Å². The van der Waals surface area contributed by atoms with E-state index in [4.69, 9.17) is 5.73 Å². The molecular weight excluding hydrogens is 268 g/mol. The van der Waals surface area contributed by atoms with Crippen LogP contribution in [0.4, 0.5) is 5.69 Å². The Morgan fingerprint density at radius 1 is 1.19 bits per heavy atom. The maximum Gasteiger partial charge on any atom is 0.257 e. The number of aromatic hydroxyl groups is 2. The zero-order chi connectivity index (χ0) is 15.6. The summed E-state index contributed by atoms with van der Waals surface area (Å²) in [5.74, 6) is -0.662. The molecule has 0 heterocycles. The van der Waals surface area contributed by atoms with Crippen LogP contribution >= 0.6 is 0 Å². The van der Waals surface area contributed by atoms with Crippen molar-refractivity contribution >= 4 is 11.6 Å². The third-order valence-corrected chi connectivity index (χ3v) is 3.51. The van der Waals surface area contributed by atoms with Gasteiger partial charge in [-0.25, -0.2) is 0 Å². The predicted octanol–water partition coefficient (Wildman–Crippen LogP) is 2.51. The number of carbonyl (C=O) groups is 1. The molecule has 5 nitrogen and oxygen atoms in total. The van der Waals surface area contributed by atoms with Gasteiger partial charge in [0, 0.05) is 18.8 Å². The first-order valence-corrected chi connectivity index (χ1v) is 6.54. The lowest BCUT2D eigenvalue weighted by Gasteiger charge is -2.26. The summed E-state index contributed by atoms with van der Waals surface area (Å²) < 4.78 is 0. The first-order chi connectivity index (χ1) is 9.90. The van der Waals surface area contributed by atoms with E-state index in [0.29, 0.717) is 5.69 Å². The molecule has 0 fully saturated rings. The van der Waals surface area contributed by atoms with Gasteiger partial charge in [0.15, 0.2) is 0 Å². The number of nitrogen functional groups attached to an aromatic ring is 1. The SMILES string of the molecule is CC(c1cccc(N)c1)N(C)C(=O)c1ccc(O)cc1O. The van der Waals surface area contributed by atoms with E-state index in [1.165, 1.54) is 17.0 Å².